The number of aryl methyl sites for hydroxylation is 1. The molecule has 0 saturated carbocycles. The largest absolute Gasteiger partial charge is 0.435 e. The first-order valence-corrected chi connectivity index (χ1v) is 8.52. The van der Waals surface area contributed by atoms with Crippen LogP contribution < -0.4 is 15.9 Å². The summed E-state index contributed by atoms with van der Waals surface area (Å²) in [6, 6.07) is 16.2. The van der Waals surface area contributed by atoms with Crippen molar-refractivity contribution in [1.82, 2.24) is 9.55 Å². The highest BCUT2D eigenvalue weighted by molar-refractivity contribution is 5.93. The maximum absolute atomic E-state index is 12.3. The molecule has 0 aliphatic heterocycles. The minimum Gasteiger partial charge on any atom is -0.435 e. The van der Waals surface area contributed by atoms with Gasteiger partial charge in [0, 0.05) is 36.5 Å². The second-order valence-electron chi connectivity index (χ2n) is 5.93. The Morgan fingerprint density at radius 3 is 2.67 bits per heavy atom. The highest BCUT2D eigenvalue weighted by Crippen LogP contribution is 2.30. The fraction of sp³-hybridized carbons (Fsp3) is 0.0952. The summed E-state index contributed by atoms with van der Waals surface area (Å²) in [4.78, 5) is 28.3. The van der Waals surface area contributed by atoms with Crippen LogP contribution in [-0.4, -0.2) is 9.55 Å². The molecule has 0 amide bonds. The van der Waals surface area contributed by atoms with Crippen molar-refractivity contribution in [2.75, 3.05) is 0 Å². The van der Waals surface area contributed by atoms with Gasteiger partial charge in [-0.1, -0.05) is 30.3 Å². The molecular formula is C21H16N2O4. The van der Waals surface area contributed by atoms with Gasteiger partial charge in [0.15, 0.2) is 0 Å². The Hall–Kier alpha value is -3.67. The summed E-state index contributed by atoms with van der Waals surface area (Å²) in [6.07, 6.45) is 3.11. The van der Waals surface area contributed by atoms with Gasteiger partial charge in [-0.2, -0.15) is 0 Å². The molecule has 0 N–H and O–H groups in total. The summed E-state index contributed by atoms with van der Waals surface area (Å²) < 4.78 is 12.5. The average molecular weight is 360 g/mol. The van der Waals surface area contributed by atoms with Crippen LogP contribution in [0.2, 0.25) is 0 Å². The van der Waals surface area contributed by atoms with Crippen molar-refractivity contribution in [1.29, 1.82) is 0 Å². The van der Waals surface area contributed by atoms with E-state index in [2.05, 4.69) is 4.98 Å². The maximum atomic E-state index is 12.3. The standard InChI is InChI=1S/C21H16N2O4/c1-2-23-11-10-22-20(21(23)25)26-15-8-9-16-17(14-6-4-3-5-7-14)13-19(24)27-18(16)12-15/h3-13H,2H2,1H3. The number of fused-ring (bicyclic) bond motifs is 1. The topological polar surface area (TPSA) is 74.3 Å². The van der Waals surface area contributed by atoms with Crippen molar-refractivity contribution in [3.8, 4) is 22.8 Å². The molecule has 0 spiro atoms. The fourth-order valence-electron chi connectivity index (χ4n) is 2.92. The summed E-state index contributed by atoms with van der Waals surface area (Å²) in [5.74, 6) is 0.342. The highest BCUT2D eigenvalue weighted by Gasteiger charge is 2.11. The molecule has 27 heavy (non-hydrogen) atoms. The second-order valence-corrected chi connectivity index (χ2v) is 5.93. The van der Waals surface area contributed by atoms with Crippen LogP contribution in [0.5, 0.6) is 11.6 Å². The Morgan fingerprint density at radius 1 is 1.07 bits per heavy atom. The number of ether oxygens (including phenoxy) is 1. The van der Waals surface area contributed by atoms with Crippen molar-refractivity contribution in [2.24, 2.45) is 0 Å². The van der Waals surface area contributed by atoms with Crippen LogP contribution in [0.15, 0.2) is 81.0 Å². The van der Waals surface area contributed by atoms with E-state index in [4.69, 9.17) is 9.15 Å². The zero-order valence-electron chi connectivity index (χ0n) is 14.6. The van der Waals surface area contributed by atoms with Gasteiger partial charge >= 0.3 is 11.2 Å². The highest BCUT2D eigenvalue weighted by atomic mass is 16.5. The van der Waals surface area contributed by atoms with Gasteiger partial charge in [0.05, 0.1) is 0 Å². The molecule has 6 heteroatoms. The zero-order valence-corrected chi connectivity index (χ0v) is 14.6. The van der Waals surface area contributed by atoms with Crippen LogP contribution in [0.3, 0.4) is 0 Å². The third kappa shape index (κ3) is 3.25. The van der Waals surface area contributed by atoms with Crippen LogP contribution >= 0.6 is 0 Å². The lowest BCUT2D eigenvalue weighted by Gasteiger charge is -2.09. The lowest BCUT2D eigenvalue weighted by atomic mass is 10.0. The number of nitrogens with zero attached hydrogens (tertiary/aromatic N) is 2. The Morgan fingerprint density at radius 2 is 1.89 bits per heavy atom. The van der Waals surface area contributed by atoms with Crippen LogP contribution in [0.1, 0.15) is 6.92 Å². The third-order valence-electron chi connectivity index (χ3n) is 4.24. The molecule has 0 radical (unpaired) electrons. The van der Waals surface area contributed by atoms with Crippen LogP contribution in [0.25, 0.3) is 22.1 Å². The molecule has 6 nitrogen and oxygen atoms in total. The van der Waals surface area contributed by atoms with Gasteiger partial charge in [-0.15, -0.1) is 0 Å². The Bertz CT molecular complexity index is 1230. The van der Waals surface area contributed by atoms with Crippen molar-refractivity contribution >= 4 is 11.0 Å². The number of hydrogen-bond acceptors (Lipinski definition) is 5. The molecule has 0 unspecified atom stereocenters. The minimum absolute atomic E-state index is 0.0275. The first-order valence-electron chi connectivity index (χ1n) is 8.52. The molecule has 2 heterocycles. The summed E-state index contributed by atoms with van der Waals surface area (Å²) in [5, 5.41) is 0.778. The zero-order chi connectivity index (χ0) is 18.8. The monoisotopic (exact) mass is 360 g/mol. The molecule has 2 aromatic carbocycles. The first-order chi connectivity index (χ1) is 13.2. The third-order valence-corrected chi connectivity index (χ3v) is 4.24. The molecule has 0 fully saturated rings. The van der Waals surface area contributed by atoms with Gasteiger partial charge < -0.3 is 13.7 Å². The smallest absolute Gasteiger partial charge is 0.336 e. The van der Waals surface area contributed by atoms with Crippen LogP contribution in [-0.2, 0) is 6.54 Å². The first kappa shape index (κ1) is 16.8. The molecule has 2 aromatic heterocycles. The van der Waals surface area contributed by atoms with Gasteiger partial charge in [0.25, 0.3) is 5.88 Å². The number of benzene rings is 2. The molecule has 0 aliphatic rings. The summed E-state index contributed by atoms with van der Waals surface area (Å²) in [5.41, 5.74) is 1.30. The van der Waals surface area contributed by atoms with E-state index in [1.807, 2.05) is 37.3 Å². The summed E-state index contributed by atoms with van der Waals surface area (Å²) in [6.45, 7) is 2.38. The Labute approximate surface area is 154 Å². The summed E-state index contributed by atoms with van der Waals surface area (Å²) >= 11 is 0. The van der Waals surface area contributed by atoms with E-state index in [-0.39, 0.29) is 11.4 Å². The van der Waals surface area contributed by atoms with E-state index < -0.39 is 5.63 Å². The Balaban J connectivity index is 1.80. The van der Waals surface area contributed by atoms with Crippen LogP contribution in [0.4, 0.5) is 0 Å². The predicted molar refractivity (Wildman–Crippen MR) is 102 cm³/mol. The molecule has 0 atom stereocenters. The number of rotatable bonds is 4. The molecule has 4 rings (SSSR count). The van der Waals surface area contributed by atoms with Crippen molar-refractivity contribution in [2.45, 2.75) is 13.5 Å². The Kier molecular flexibility index (Phi) is 4.30. The second kappa shape index (κ2) is 6.92. The van der Waals surface area contributed by atoms with E-state index in [1.54, 1.807) is 24.4 Å². The average Bonchev–Trinajstić information content (AvgIpc) is 2.69. The lowest BCUT2D eigenvalue weighted by molar-refractivity contribution is 0.444. The number of hydrogen-bond donors (Lipinski definition) is 0. The molecular weight excluding hydrogens is 344 g/mol. The maximum Gasteiger partial charge on any atom is 0.336 e. The molecule has 0 saturated heterocycles. The quantitative estimate of drug-likeness (QED) is 0.517. The van der Waals surface area contributed by atoms with Crippen LogP contribution in [0, 0.1) is 0 Å². The minimum atomic E-state index is -0.454. The SMILES string of the molecule is CCn1ccnc(Oc2ccc3c(-c4ccccc4)cc(=O)oc3c2)c1=O. The van der Waals surface area contributed by atoms with Gasteiger partial charge in [0.2, 0.25) is 0 Å². The molecule has 0 bridgehead atoms. The van der Waals surface area contributed by atoms with Crippen molar-refractivity contribution < 1.29 is 9.15 Å². The molecule has 134 valence electrons. The summed E-state index contributed by atoms with van der Waals surface area (Å²) in [7, 11) is 0. The van der Waals surface area contributed by atoms with Gasteiger partial charge in [-0.25, -0.2) is 9.78 Å². The van der Waals surface area contributed by atoms with E-state index in [1.165, 1.54) is 16.8 Å². The molecule has 4 aromatic rings. The molecule has 0 aliphatic carbocycles. The van der Waals surface area contributed by atoms with E-state index in [0.29, 0.717) is 17.9 Å². The van der Waals surface area contributed by atoms with Crippen molar-refractivity contribution in [3.63, 3.8) is 0 Å². The lowest BCUT2D eigenvalue weighted by Crippen LogP contribution is -2.20. The normalized spacial score (nSPS) is 10.9. The van der Waals surface area contributed by atoms with E-state index >= 15 is 0 Å². The van der Waals surface area contributed by atoms with Gasteiger partial charge in [-0.05, 0) is 30.2 Å². The van der Waals surface area contributed by atoms with E-state index in [0.717, 1.165) is 16.5 Å². The van der Waals surface area contributed by atoms with Gasteiger partial charge in [-0.3, -0.25) is 4.79 Å². The van der Waals surface area contributed by atoms with Crippen molar-refractivity contribution in [3.05, 3.63) is 87.8 Å². The van der Waals surface area contributed by atoms with E-state index in [9.17, 15) is 9.59 Å². The van der Waals surface area contributed by atoms with Gasteiger partial charge in [0.1, 0.15) is 11.3 Å². The number of aromatic nitrogens is 2. The predicted octanol–water partition coefficient (Wildman–Crippen LogP) is 3.83. The fourth-order valence-corrected chi connectivity index (χ4v) is 2.92.